The molecule has 1 aliphatic rings. The third kappa shape index (κ3) is 5.09. The quantitative estimate of drug-likeness (QED) is 0.788. The SMILES string of the molecule is COc1cccc(CNC(=O)N[C@@H](c2ccc3c(c2)OCCCO3)C(C)C)c1. The van der Waals surface area contributed by atoms with Crippen molar-refractivity contribution in [3.8, 4) is 17.2 Å². The van der Waals surface area contributed by atoms with E-state index in [1.165, 1.54) is 0 Å². The molecule has 0 fully saturated rings. The van der Waals surface area contributed by atoms with Gasteiger partial charge in [-0.2, -0.15) is 0 Å². The number of fused-ring (bicyclic) bond motifs is 1. The summed E-state index contributed by atoms with van der Waals surface area (Å²) < 4.78 is 16.7. The summed E-state index contributed by atoms with van der Waals surface area (Å²) in [7, 11) is 1.63. The molecule has 150 valence electrons. The molecule has 2 amide bonds. The molecule has 2 aromatic carbocycles. The number of rotatable bonds is 6. The molecule has 2 aromatic rings. The first kappa shape index (κ1) is 19.9. The van der Waals surface area contributed by atoms with E-state index in [9.17, 15) is 4.79 Å². The van der Waals surface area contributed by atoms with E-state index in [0.717, 1.165) is 34.8 Å². The van der Waals surface area contributed by atoms with Crippen molar-refractivity contribution in [2.75, 3.05) is 20.3 Å². The van der Waals surface area contributed by atoms with Gasteiger partial charge in [0, 0.05) is 13.0 Å². The summed E-state index contributed by atoms with van der Waals surface area (Å²) in [6.07, 6.45) is 0.864. The normalized spacial score (nSPS) is 14.1. The van der Waals surface area contributed by atoms with E-state index in [1.807, 2.05) is 42.5 Å². The average Bonchev–Trinajstić information content (AvgIpc) is 2.95. The summed E-state index contributed by atoms with van der Waals surface area (Å²) in [5.41, 5.74) is 1.97. The highest BCUT2D eigenvalue weighted by molar-refractivity contribution is 5.74. The van der Waals surface area contributed by atoms with Crippen LogP contribution in [0.5, 0.6) is 17.2 Å². The molecular formula is C22H28N2O4. The number of amides is 2. The van der Waals surface area contributed by atoms with Crippen molar-refractivity contribution in [2.45, 2.75) is 32.9 Å². The molecule has 0 saturated heterocycles. The number of carbonyl (C=O) groups excluding carboxylic acids is 1. The van der Waals surface area contributed by atoms with Gasteiger partial charge in [-0.15, -0.1) is 0 Å². The molecule has 0 spiro atoms. The highest BCUT2D eigenvalue weighted by Crippen LogP contribution is 2.34. The maximum atomic E-state index is 12.5. The van der Waals surface area contributed by atoms with Crippen LogP contribution in [-0.2, 0) is 6.54 Å². The fourth-order valence-electron chi connectivity index (χ4n) is 3.17. The summed E-state index contributed by atoms with van der Waals surface area (Å²) in [5.74, 6) is 2.48. The number of benzene rings is 2. The van der Waals surface area contributed by atoms with Gasteiger partial charge >= 0.3 is 6.03 Å². The van der Waals surface area contributed by atoms with Crippen LogP contribution in [-0.4, -0.2) is 26.4 Å². The number of urea groups is 1. The first-order chi connectivity index (χ1) is 13.6. The molecule has 2 N–H and O–H groups in total. The second-order valence-electron chi connectivity index (χ2n) is 7.16. The zero-order valence-electron chi connectivity index (χ0n) is 16.7. The zero-order chi connectivity index (χ0) is 19.9. The predicted octanol–water partition coefficient (Wildman–Crippen LogP) is 4.05. The van der Waals surface area contributed by atoms with Crippen LogP contribution in [0.25, 0.3) is 0 Å². The lowest BCUT2D eigenvalue weighted by molar-refractivity contribution is 0.232. The fraction of sp³-hybridized carbons (Fsp3) is 0.409. The predicted molar refractivity (Wildman–Crippen MR) is 108 cm³/mol. The monoisotopic (exact) mass is 384 g/mol. The van der Waals surface area contributed by atoms with Crippen molar-refractivity contribution < 1.29 is 19.0 Å². The van der Waals surface area contributed by atoms with Crippen LogP contribution >= 0.6 is 0 Å². The topological polar surface area (TPSA) is 68.8 Å². The smallest absolute Gasteiger partial charge is 0.315 e. The van der Waals surface area contributed by atoms with E-state index >= 15 is 0 Å². The van der Waals surface area contributed by atoms with Crippen LogP contribution in [0.3, 0.4) is 0 Å². The maximum absolute atomic E-state index is 12.5. The second-order valence-corrected chi connectivity index (χ2v) is 7.16. The third-order valence-corrected chi connectivity index (χ3v) is 4.67. The Labute approximate surface area is 166 Å². The highest BCUT2D eigenvalue weighted by Gasteiger charge is 2.21. The maximum Gasteiger partial charge on any atom is 0.315 e. The Balaban J connectivity index is 1.65. The van der Waals surface area contributed by atoms with Gasteiger partial charge in [-0.3, -0.25) is 0 Å². The van der Waals surface area contributed by atoms with Gasteiger partial charge < -0.3 is 24.8 Å². The van der Waals surface area contributed by atoms with Gasteiger partial charge in [-0.05, 0) is 41.3 Å². The van der Waals surface area contributed by atoms with E-state index in [0.29, 0.717) is 19.8 Å². The summed E-state index contributed by atoms with van der Waals surface area (Å²) in [4.78, 5) is 12.5. The lowest BCUT2D eigenvalue weighted by atomic mass is 9.96. The molecule has 0 bridgehead atoms. The van der Waals surface area contributed by atoms with Crippen LogP contribution in [0.1, 0.15) is 37.4 Å². The number of ether oxygens (including phenoxy) is 3. The van der Waals surface area contributed by atoms with Crippen molar-refractivity contribution in [3.05, 3.63) is 53.6 Å². The Morgan fingerprint density at radius 1 is 1.11 bits per heavy atom. The van der Waals surface area contributed by atoms with Gasteiger partial charge in [0.1, 0.15) is 5.75 Å². The Morgan fingerprint density at radius 3 is 2.64 bits per heavy atom. The number of methoxy groups -OCH3 is 1. The molecule has 6 nitrogen and oxygen atoms in total. The fourth-order valence-corrected chi connectivity index (χ4v) is 3.17. The first-order valence-corrected chi connectivity index (χ1v) is 9.63. The lowest BCUT2D eigenvalue weighted by Gasteiger charge is -2.24. The van der Waals surface area contributed by atoms with E-state index in [1.54, 1.807) is 7.11 Å². The minimum absolute atomic E-state index is 0.137. The van der Waals surface area contributed by atoms with E-state index < -0.39 is 0 Å². The van der Waals surface area contributed by atoms with Crippen molar-refractivity contribution in [3.63, 3.8) is 0 Å². The minimum Gasteiger partial charge on any atom is -0.497 e. The largest absolute Gasteiger partial charge is 0.497 e. The van der Waals surface area contributed by atoms with Gasteiger partial charge in [0.2, 0.25) is 0 Å². The molecule has 0 radical (unpaired) electrons. The average molecular weight is 384 g/mol. The van der Waals surface area contributed by atoms with Gasteiger partial charge in [0.15, 0.2) is 11.5 Å². The van der Waals surface area contributed by atoms with E-state index in [2.05, 4.69) is 24.5 Å². The molecular weight excluding hydrogens is 356 g/mol. The molecule has 1 aliphatic heterocycles. The van der Waals surface area contributed by atoms with Gasteiger partial charge in [0.25, 0.3) is 0 Å². The number of hydrogen-bond acceptors (Lipinski definition) is 4. The van der Waals surface area contributed by atoms with Crippen molar-refractivity contribution in [1.82, 2.24) is 10.6 Å². The van der Waals surface area contributed by atoms with Crippen LogP contribution in [0.4, 0.5) is 4.79 Å². The molecule has 0 aromatic heterocycles. The highest BCUT2D eigenvalue weighted by atomic mass is 16.5. The summed E-state index contributed by atoms with van der Waals surface area (Å²) in [6, 6.07) is 13.2. The number of nitrogens with one attached hydrogen (secondary N) is 2. The van der Waals surface area contributed by atoms with Gasteiger partial charge in [-0.1, -0.05) is 32.0 Å². The molecule has 0 unspecified atom stereocenters. The summed E-state index contributed by atoms with van der Waals surface area (Å²) in [5, 5.41) is 5.99. The lowest BCUT2D eigenvalue weighted by Crippen LogP contribution is -2.39. The third-order valence-electron chi connectivity index (χ3n) is 4.67. The molecule has 1 atom stereocenters. The van der Waals surface area contributed by atoms with Crippen LogP contribution in [0.15, 0.2) is 42.5 Å². The first-order valence-electron chi connectivity index (χ1n) is 9.63. The van der Waals surface area contributed by atoms with Gasteiger partial charge in [0.05, 0.1) is 26.4 Å². The van der Waals surface area contributed by atoms with Crippen LogP contribution in [0, 0.1) is 5.92 Å². The minimum atomic E-state index is -0.214. The van der Waals surface area contributed by atoms with Crippen molar-refractivity contribution >= 4 is 6.03 Å². The van der Waals surface area contributed by atoms with Crippen LogP contribution < -0.4 is 24.8 Å². The molecule has 0 aliphatic carbocycles. The Hall–Kier alpha value is -2.89. The molecule has 1 heterocycles. The molecule has 3 rings (SSSR count). The summed E-state index contributed by atoms with van der Waals surface area (Å²) >= 11 is 0. The molecule has 0 saturated carbocycles. The molecule has 28 heavy (non-hydrogen) atoms. The van der Waals surface area contributed by atoms with Crippen LogP contribution in [0.2, 0.25) is 0 Å². The van der Waals surface area contributed by atoms with Gasteiger partial charge in [-0.25, -0.2) is 4.79 Å². The zero-order valence-corrected chi connectivity index (χ0v) is 16.7. The Morgan fingerprint density at radius 2 is 1.89 bits per heavy atom. The number of hydrogen-bond donors (Lipinski definition) is 2. The van der Waals surface area contributed by atoms with Crippen molar-refractivity contribution in [2.24, 2.45) is 5.92 Å². The second kappa shape index (κ2) is 9.35. The van der Waals surface area contributed by atoms with E-state index in [4.69, 9.17) is 14.2 Å². The van der Waals surface area contributed by atoms with E-state index in [-0.39, 0.29) is 18.0 Å². The standard InChI is InChI=1S/C22H28N2O4/c1-15(2)21(17-8-9-19-20(13-17)28-11-5-10-27-19)24-22(25)23-14-16-6-4-7-18(12-16)26-3/h4,6-9,12-13,15,21H,5,10-11,14H2,1-3H3,(H2,23,24,25)/t21-/m1/s1. The molecule has 6 heteroatoms. The number of carbonyl (C=O) groups is 1. The van der Waals surface area contributed by atoms with Crippen molar-refractivity contribution in [1.29, 1.82) is 0 Å². The summed E-state index contributed by atoms with van der Waals surface area (Å²) in [6.45, 7) is 5.88. The Bertz CT molecular complexity index is 807. The Kier molecular flexibility index (Phi) is 6.63.